The molecule has 0 aromatic heterocycles. The average Bonchev–Trinajstić information content (AvgIpc) is 0. The average molecular weight is 363 g/mol. The van der Waals surface area contributed by atoms with Crippen molar-refractivity contribution >= 4 is 80.1 Å². The van der Waals surface area contributed by atoms with E-state index in [2.05, 4.69) is 0 Å². The zero-order valence-corrected chi connectivity index (χ0v) is 12.2. The van der Waals surface area contributed by atoms with Crippen molar-refractivity contribution in [3.63, 3.8) is 0 Å². The predicted molar refractivity (Wildman–Crippen MR) is 33.6 cm³/mol. The van der Waals surface area contributed by atoms with Gasteiger partial charge in [0.05, 0.1) is 0 Å². The molecule has 0 aromatic carbocycles. The first-order chi connectivity index (χ1) is 0. The summed E-state index contributed by atoms with van der Waals surface area (Å²) >= 11 is 0. The van der Waals surface area contributed by atoms with Crippen LogP contribution in [0, 0.1) is 0 Å². The van der Waals surface area contributed by atoms with Crippen LogP contribution in [0.15, 0.2) is 0 Å². The smallest absolute Gasteiger partial charge is 2.00 e. The molecule has 0 aliphatic carbocycles. The van der Waals surface area contributed by atoms with E-state index in [0.29, 0.717) is 0 Å². The van der Waals surface area contributed by atoms with E-state index in [1.54, 1.807) is 0 Å². The van der Waals surface area contributed by atoms with Gasteiger partial charge in [-0.2, -0.15) is 0 Å². The Labute approximate surface area is 112 Å². The molecule has 0 spiro atoms. The summed E-state index contributed by atoms with van der Waals surface area (Å²) in [7, 11) is 0. The Balaban J connectivity index is 0. The summed E-state index contributed by atoms with van der Waals surface area (Å²) in [6.07, 6.45) is 0. The minimum Gasteiger partial charge on any atom is -2.00 e. The molecule has 0 rings (SSSR count). The van der Waals surface area contributed by atoms with Crippen molar-refractivity contribution in [2.24, 2.45) is 0 Å². The fraction of sp³-hybridized carbons (Fsp3) is 0. The summed E-state index contributed by atoms with van der Waals surface area (Å²) in [6.45, 7) is 0. The van der Waals surface area contributed by atoms with Gasteiger partial charge in [0.1, 0.15) is 0 Å². The first-order valence-electron chi connectivity index (χ1n) is 0. The van der Waals surface area contributed by atoms with Gasteiger partial charge in [-0.15, -0.1) is 0 Å². The summed E-state index contributed by atoms with van der Waals surface area (Å²) in [5.74, 6) is 0. The SMILES string of the molecule is [Cu].[Cu].[Ga+3].[Ga+3].[S-2].[S-2].[S-2]. The molecule has 0 aromatic rings. The summed E-state index contributed by atoms with van der Waals surface area (Å²) in [6, 6.07) is 0. The molecule has 7 heavy (non-hydrogen) atoms. The van der Waals surface area contributed by atoms with Crippen LogP contribution in [0.2, 0.25) is 0 Å². The standard InChI is InChI=1S/2Cu.2Ga.3S/q;;2*+3;3*-2. The van der Waals surface area contributed by atoms with Crippen LogP contribution in [0.3, 0.4) is 0 Å². The van der Waals surface area contributed by atoms with E-state index in [-0.39, 0.29) is 114 Å². The molecule has 0 N–H and O–H groups in total. The number of hydrogen-bond acceptors (Lipinski definition) is 0. The van der Waals surface area contributed by atoms with Crippen LogP contribution >= 0.6 is 0 Å². The van der Waals surface area contributed by atoms with Gasteiger partial charge < -0.3 is 40.5 Å². The largest absolute Gasteiger partial charge is 3.00 e. The fourth-order valence-electron chi connectivity index (χ4n) is 0. The van der Waals surface area contributed by atoms with E-state index in [0.717, 1.165) is 0 Å². The second kappa shape index (κ2) is 57.9. The first-order valence-corrected chi connectivity index (χ1v) is 0. The van der Waals surface area contributed by atoms with Crippen molar-refractivity contribution < 1.29 is 34.1 Å². The molecule has 2 radical (unpaired) electrons. The van der Waals surface area contributed by atoms with Crippen molar-refractivity contribution in [2.45, 2.75) is 0 Å². The normalized spacial score (nSPS) is 0. The third-order valence-corrected chi connectivity index (χ3v) is 0. The van der Waals surface area contributed by atoms with Crippen LogP contribution in [0.5, 0.6) is 0 Å². The Kier molecular flexibility index (Phi) is 665. The zero-order chi connectivity index (χ0) is 0. The Hall–Kier alpha value is 3.36. The van der Waals surface area contributed by atoms with Gasteiger partial charge in [0.15, 0.2) is 0 Å². The molecule has 0 saturated carbocycles. The quantitative estimate of drug-likeness (QED) is 0.496. The molecule has 0 unspecified atom stereocenters. The van der Waals surface area contributed by atoms with E-state index in [9.17, 15) is 0 Å². The predicted octanol–water partition coefficient (Wildman–Crippen LogP) is -0.774. The molecule has 0 fully saturated rings. The van der Waals surface area contributed by atoms with Crippen molar-refractivity contribution in [3.05, 3.63) is 0 Å². The van der Waals surface area contributed by atoms with Gasteiger partial charge in [0.25, 0.3) is 0 Å². The molecule has 0 bridgehead atoms. The van der Waals surface area contributed by atoms with Crippen LogP contribution < -0.4 is 0 Å². The van der Waals surface area contributed by atoms with E-state index in [1.165, 1.54) is 0 Å². The van der Waals surface area contributed by atoms with Crippen molar-refractivity contribution in [1.29, 1.82) is 0 Å². The minimum atomic E-state index is 0. The van der Waals surface area contributed by atoms with Crippen LogP contribution in [0.1, 0.15) is 0 Å². The first kappa shape index (κ1) is 80.4. The maximum atomic E-state index is 0. The van der Waals surface area contributed by atoms with Gasteiger partial charge in [-0.1, -0.05) is 0 Å². The number of rotatable bonds is 0. The van der Waals surface area contributed by atoms with Gasteiger partial charge in [0.2, 0.25) is 0 Å². The van der Waals surface area contributed by atoms with Crippen LogP contribution in [0.25, 0.3) is 0 Å². The monoisotopic (exact) mass is 360 g/mol. The van der Waals surface area contributed by atoms with Crippen LogP contribution in [-0.4, -0.2) is 39.6 Å². The van der Waals surface area contributed by atoms with Gasteiger partial charge in [-0.05, 0) is 0 Å². The fourth-order valence-corrected chi connectivity index (χ4v) is 0. The maximum absolute atomic E-state index is 0. The van der Waals surface area contributed by atoms with Crippen LogP contribution in [-0.2, 0) is 74.6 Å². The van der Waals surface area contributed by atoms with Gasteiger partial charge in [-0.25, -0.2) is 0 Å². The van der Waals surface area contributed by atoms with Crippen LogP contribution in [0.4, 0.5) is 0 Å². The third kappa shape index (κ3) is 44.9. The molecular weight excluding hydrogens is 363 g/mol. The summed E-state index contributed by atoms with van der Waals surface area (Å²) in [5, 5.41) is 0. The summed E-state index contributed by atoms with van der Waals surface area (Å²) in [4.78, 5) is 0. The molecule has 0 saturated heterocycles. The second-order valence-corrected chi connectivity index (χ2v) is 0. The van der Waals surface area contributed by atoms with Gasteiger partial charge in [0, 0.05) is 34.1 Å². The molecule has 0 heterocycles. The Morgan fingerprint density at radius 3 is 0.429 bits per heavy atom. The minimum absolute atomic E-state index is 0. The van der Waals surface area contributed by atoms with Crippen molar-refractivity contribution in [1.82, 2.24) is 0 Å². The van der Waals surface area contributed by atoms with Crippen molar-refractivity contribution in [2.75, 3.05) is 0 Å². The molecule has 0 nitrogen and oxygen atoms in total. The summed E-state index contributed by atoms with van der Waals surface area (Å²) < 4.78 is 0. The molecular formula is Cu2Ga2S3. The van der Waals surface area contributed by atoms with Crippen molar-refractivity contribution in [3.8, 4) is 0 Å². The molecule has 0 atom stereocenters. The maximum Gasteiger partial charge on any atom is 3.00 e. The Morgan fingerprint density at radius 2 is 0.429 bits per heavy atom. The number of hydrogen-bond donors (Lipinski definition) is 0. The molecule has 0 aliphatic rings. The third-order valence-electron chi connectivity index (χ3n) is 0. The van der Waals surface area contributed by atoms with E-state index >= 15 is 0 Å². The van der Waals surface area contributed by atoms with E-state index < -0.39 is 0 Å². The van der Waals surface area contributed by atoms with Gasteiger partial charge in [-0.3, -0.25) is 0 Å². The molecule has 0 amide bonds. The summed E-state index contributed by atoms with van der Waals surface area (Å²) in [5.41, 5.74) is 0. The second-order valence-electron chi connectivity index (χ2n) is 0. The van der Waals surface area contributed by atoms with E-state index in [1.807, 2.05) is 0 Å². The van der Waals surface area contributed by atoms with E-state index in [4.69, 9.17) is 0 Å². The van der Waals surface area contributed by atoms with Gasteiger partial charge >= 0.3 is 39.6 Å². The molecule has 46 valence electrons. The molecule has 0 aliphatic heterocycles. The Morgan fingerprint density at radius 1 is 0.429 bits per heavy atom. The molecule has 7 heteroatoms. The topological polar surface area (TPSA) is 0 Å². The Bertz CT molecular complexity index is 10.9. The zero-order valence-electron chi connectivity index (χ0n) is 2.98.